The molecular weight excluding hydrogens is 278 g/mol. The second-order valence-electron chi connectivity index (χ2n) is 3.06. The first-order valence-electron chi connectivity index (χ1n) is 4.26. The molecule has 6 heteroatoms. The molecule has 0 aliphatic carbocycles. The number of aliphatic hydroxyl groups excluding tert-OH is 2. The summed E-state index contributed by atoms with van der Waals surface area (Å²) in [7, 11) is 0. The number of carbonyl (C=O) groups is 1. The fraction of sp³-hybridized carbons (Fsp3) is 0.200. The van der Waals surface area contributed by atoms with E-state index in [9.17, 15) is 9.90 Å². The average molecular weight is 286 g/mol. The average Bonchev–Trinajstić information content (AvgIpc) is 2.26. The van der Waals surface area contributed by atoms with Gasteiger partial charge in [0.1, 0.15) is 6.10 Å². The molecule has 0 radical (unpaired) electrons. The van der Waals surface area contributed by atoms with Gasteiger partial charge in [-0.2, -0.15) is 5.26 Å². The molecule has 1 aromatic carbocycles. The highest BCUT2D eigenvalue weighted by Gasteiger charge is 2.23. The van der Waals surface area contributed by atoms with E-state index in [1.54, 1.807) is 0 Å². The zero-order chi connectivity index (χ0) is 12.3. The van der Waals surface area contributed by atoms with E-state index in [0.29, 0.717) is 4.47 Å². The molecular formula is C10H8BrNO4. The van der Waals surface area contributed by atoms with Crippen LogP contribution in [0.5, 0.6) is 0 Å². The number of benzene rings is 1. The minimum absolute atomic E-state index is 0.00377. The third kappa shape index (κ3) is 2.58. The summed E-state index contributed by atoms with van der Waals surface area (Å²) >= 11 is 3.12. The van der Waals surface area contributed by atoms with Crippen LogP contribution in [0.1, 0.15) is 22.0 Å². The summed E-state index contributed by atoms with van der Waals surface area (Å²) in [6, 6.07) is 5.59. The van der Waals surface area contributed by atoms with Gasteiger partial charge in [0.15, 0.2) is 6.10 Å². The number of halogens is 1. The molecule has 0 aromatic heterocycles. The lowest BCUT2D eigenvalue weighted by molar-refractivity contribution is 0.0498. The van der Waals surface area contributed by atoms with Crippen molar-refractivity contribution < 1.29 is 20.1 Å². The van der Waals surface area contributed by atoms with Crippen molar-refractivity contribution >= 4 is 21.9 Å². The van der Waals surface area contributed by atoms with Crippen molar-refractivity contribution in [1.29, 1.82) is 5.26 Å². The normalized spacial score (nSPS) is 13.9. The van der Waals surface area contributed by atoms with Gasteiger partial charge in [0.05, 0.1) is 11.6 Å². The van der Waals surface area contributed by atoms with Gasteiger partial charge in [0, 0.05) is 4.47 Å². The monoisotopic (exact) mass is 285 g/mol. The maximum absolute atomic E-state index is 10.9. The number of carboxylic acids is 1. The van der Waals surface area contributed by atoms with E-state index in [4.69, 9.17) is 15.5 Å². The Bertz CT molecular complexity index is 455. The van der Waals surface area contributed by atoms with Crippen LogP contribution in [0.2, 0.25) is 0 Å². The van der Waals surface area contributed by atoms with Gasteiger partial charge < -0.3 is 15.3 Å². The number of hydrogen-bond donors (Lipinski definition) is 3. The van der Waals surface area contributed by atoms with E-state index in [0.717, 1.165) is 0 Å². The van der Waals surface area contributed by atoms with Gasteiger partial charge in [-0.25, -0.2) is 4.79 Å². The molecule has 5 nitrogen and oxygen atoms in total. The molecule has 0 heterocycles. The first-order chi connectivity index (χ1) is 7.47. The van der Waals surface area contributed by atoms with Crippen LogP contribution in [0.3, 0.4) is 0 Å². The van der Waals surface area contributed by atoms with Crippen molar-refractivity contribution in [3.8, 4) is 6.07 Å². The Morgan fingerprint density at radius 1 is 1.44 bits per heavy atom. The number of aliphatic hydroxyl groups is 2. The Kier molecular flexibility index (Phi) is 4.01. The number of rotatable bonds is 3. The summed E-state index contributed by atoms with van der Waals surface area (Å²) in [6.45, 7) is 0. The quantitative estimate of drug-likeness (QED) is 0.721. The van der Waals surface area contributed by atoms with Crippen LogP contribution in [-0.4, -0.2) is 27.4 Å². The predicted octanol–water partition coefficient (Wildman–Crippen LogP) is 1.07. The molecule has 84 valence electrons. The molecule has 0 spiro atoms. The lowest BCUT2D eigenvalue weighted by Gasteiger charge is -2.14. The maximum atomic E-state index is 10.9. The molecule has 3 N–H and O–H groups in total. The van der Waals surface area contributed by atoms with Crippen LogP contribution in [0.15, 0.2) is 22.7 Å². The van der Waals surface area contributed by atoms with Crippen LogP contribution in [-0.2, 0) is 0 Å². The van der Waals surface area contributed by atoms with Gasteiger partial charge >= 0.3 is 5.97 Å². The van der Waals surface area contributed by atoms with E-state index >= 15 is 0 Å². The highest BCUT2D eigenvalue weighted by molar-refractivity contribution is 9.10. The van der Waals surface area contributed by atoms with Crippen molar-refractivity contribution in [2.24, 2.45) is 0 Å². The van der Waals surface area contributed by atoms with Gasteiger partial charge in [0.2, 0.25) is 0 Å². The lowest BCUT2D eigenvalue weighted by atomic mass is 9.99. The topological polar surface area (TPSA) is 102 Å². The number of aromatic carboxylic acids is 1. The third-order valence-corrected chi connectivity index (χ3v) is 2.49. The van der Waals surface area contributed by atoms with Crippen molar-refractivity contribution in [3.63, 3.8) is 0 Å². The minimum atomic E-state index is -1.66. The van der Waals surface area contributed by atoms with E-state index in [-0.39, 0.29) is 11.1 Å². The second kappa shape index (κ2) is 5.07. The molecule has 16 heavy (non-hydrogen) atoms. The SMILES string of the molecule is N#CC(O)C(O)c1cc(Br)ccc1C(=O)O. The first-order valence-corrected chi connectivity index (χ1v) is 5.05. The van der Waals surface area contributed by atoms with E-state index in [2.05, 4.69) is 15.9 Å². The Labute approximate surface area is 99.7 Å². The van der Waals surface area contributed by atoms with Crippen LogP contribution in [0, 0.1) is 11.3 Å². The number of carboxylic acid groups (broad SMARTS) is 1. The highest BCUT2D eigenvalue weighted by atomic mass is 79.9. The van der Waals surface area contributed by atoms with E-state index in [1.807, 2.05) is 0 Å². The van der Waals surface area contributed by atoms with Gasteiger partial charge in [0.25, 0.3) is 0 Å². The fourth-order valence-corrected chi connectivity index (χ4v) is 1.59. The third-order valence-electron chi connectivity index (χ3n) is 1.99. The number of hydrogen-bond acceptors (Lipinski definition) is 4. The summed E-state index contributed by atoms with van der Waals surface area (Å²) in [6.07, 6.45) is -3.21. The highest BCUT2D eigenvalue weighted by Crippen LogP contribution is 2.25. The van der Waals surface area contributed by atoms with Gasteiger partial charge in [-0.3, -0.25) is 0 Å². The maximum Gasteiger partial charge on any atom is 0.336 e. The molecule has 1 rings (SSSR count). The molecule has 0 aliphatic rings. The van der Waals surface area contributed by atoms with Crippen molar-refractivity contribution in [2.45, 2.75) is 12.2 Å². The first kappa shape index (κ1) is 12.6. The van der Waals surface area contributed by atoms with Crippen LogP contribution in [0.4, 0.5) is 0 Å². The fourth-order valence-electron chi connectivity index (χ4n) is 1.21. The minimum Gasteiger partial charge on any atom is -0.478 e. The molecule has 0 aliphatic heterocycles. The smallest absolute Gasteiger partial charge is 0.336 e. The molecule has 0 fully saturated rings. The standard InChI is InChI=1S/C10H8BrNO4/c11-5-1-2-6(10(15)16)7(3-5)9(14)8(13)4-12/h1-3,8-9,13-14H,(H,15,16). The summed E-state index contributed by atoms with van der Waals surface area (Å²) in [4.78, 5) is 10.9. The lowest BCUT2D eigenvalue weighted by Crippen LogP contribution is -2.18. The summed E-state index contributed by atoms with van der Waals surface area (Å²) < 4.78 is 0.552. The molecule has 1 aromatic rings. The summed E-state index contributed by atoms with van der Waals surface area (Å²) in [5.41, 5.74) is -0.152. The Morgan fingerprint density at radius 2 is 2.06 bits per heavy atom. The zero-order valence-electron chi connectivity index (χ0n) is 7.96. The molecule has 2 atom stereocenters. The molecule has 0 amide bonds. The van der Waals surface area contributed by atoms with E-state index < -0.39 is 18.2 Å². The molecule has 0 bridgehead atoms. The molecule has 2 unspecified atom stereocenters. The number of nitrogens with zero attached hydrogens (tertiary/aromatic N) is 1. The predicted molar refractivity (Wildman–Crippen MR) is 57.7 cm³/mol. The van der Waals surface area contributed by atoms with E-state index in [1.165, 1.54) is 24.3 Å². The summed E-state index contributed by atoms with van der Waals surface area (Å²) in [5.74, 6) is -1.23. The van der Waals surface area contributed by atoms with Gasteiger partial charge in [-0.15, -0.1) is 0 Å². The Hall–Kier alpha value is -1.42. The van der Waals surface area contributed by atoms with Crippen LogP contribution >= 0.6 is 15.9 Å². The van der Waals surface area contributed by atoms with Crippen LogP contribution < -0.4 is 0 Å². The second-order valence-corrected chi connectivity index (χ2v) is 3.97. The van der Waals surface area contributed by atoms with Crippen molar-refractivity contribution in [1.82, 2.24) is 0 Å². The summed E-state index contributed by atoms with van der Waals surface area (Å²) in [5, 5.41) is 36.1. The Balaban J connectivity index is 3.25. The largest absolute Gasteiger partial charge is 0.478 e. The molecule has 0 saturated carbocycles. The van der Waals surface area contributed by atoms with Gasteiger partial charge in [-0.05, 0) is 23.8 Å². The van der Waals surface area contributed by atoms with Crippen molar-refractivity contribution in [3.05, 3.63) is 33.8 Å². The van der Waals surface area contributed by atoms with Gasteiger partial charge in [-0.1, -0.05) is 15.9 Å². The molecule has 0 saturated heterocycles. The van der Waals surface area contributed by atoms with Crippen LogP contribution in [0.25, 0.3) is 0 Å². The number of nitriles is 1. The van der Waals surface area contributed by atoms with Crippen molar-refractivity contribution in [2.75, 3.05) is 0 Å². The zero-order valence-corrected chi connectivity index (χ0v) is 9.55. The Morgan fingerprint density at radius 3 is 2.56 bits per heavy atom.